The molecule has 0 saturated heterocycles. The van der Waals surface area contributed by atoms with E-state index in [1.807, 2.05) is 0 Å². The van der Waals surface area contributed by atoms with Crippen molar-refractivity contribution in [1.29, 1.82) is 0 Å². The molecule has 5 unspecified atom stereocenters. The van der Waals surface area contributed by atoms with Crippen LogP contribution in [0.5, 0.6) is 0 Å². The van der Waals surface area contributed by atoms with Gasteiger partial charge in [0.05, 0.1) is 11.7 Å². The molecule has 1 fully saturated rings. The Labute approximate surface area is 145 Å². The smallest absolute Gasteiger partial charge is 0.333 e. The van der Waals surface area contributed by atoms with Crippen molar-refractivity contribution in [3.05, 3.63) is 23.3 Å². The average molecular weight is 336 g/mol. The zero-order chi connectivity index (χ0) is 17.9. The number of hydrogen-bond donors (Lipinski definition) is 3. The summed E-state index contributed by atoms with van der Waals surface area (Å²) in [6.07, 6.45) is 8.36. The minimum atomic E-state index is -1.02. The Bertz CT molecular complexity index is 518. The van der Waals surface area contributed by atoms with E-state index in [1.54, 1.807) is 6.08 Å². The molecule has 2 aliphatic carbocycles. The van der Waals surface area contributed by atoms with E-state index in [1.165, 1.54) is 5.57 Å². The van der Waals surface area contributed by atoms with Gasteiger partial charge in [-0.3, -0.25) is 0 Å². The van der Waals surface area contributed by atoms with E-state index in [0.29, 0.717) is 24.7 Å². The van der Waals surface area contributed by atoms with Crippen LogP contribution in [0, 0.1) is 23.2 Å². The van der Waals surface area contributed by atoms with Crippen molar-refractivity contribution in [3.8, 4) is 0 Å². The monoisotopic (exact) mass is 336 g/mol. The Morgan fingerprint density at radius 3 is 2.67 bits per heavy atom. The zero-order valence-electron chi connectivity index (χ0n) is 15.2. The summed E-state index contributed by atoms with van der Waals surface area (Å²) in [4.78, 5) is 11.3. The van der Waals surface area contributed by atoms with E-state index in [-0.39, 0.29) is 23.5 Å². The quantitative estimate of drug-likeness (QED) is 0.648. The highest BCUT2D eigenvalue weighted by Gasteiger charge is 2.53. The first-order valence-corrected chi connectivity index (χ1v) is 9.17. The van der Waals surface area contributed by atoms with E-state index in [2.05, 4.69) is 26.8 Å². The number of rotatable bonds is 6. The van der Waals surface area contributed by atoms with Crippen molar-refractivity contribution in [2.75, 3.05) is 6.61 Å². The lowest BCUT2D eigenvalue weighted by molar-refractivity contribution is -0.134. The Morgan fingerprint density at radius 1 is 1.42 bits per heavy atom. The summed E-state index contributed by atoms with van der Waals surface area (Å²) < 4.78 is 0. The van der Waals surface area contributed by atoms with Crippen molar-refractivity contribution >= 4 is 5.97 Å². The van der Waals surface area contributed by atoms with Gasteiger partial charge in [-0.05, 0) is 75.5 Å². The number of aliphatic hydroxyl groups is 2. The van der Waals surface area contributed by atoms with E-state index in [4.69, 9.17) is 0 Å². The standard InChI is InChI=1S/C20H32O4/c1-13(2)5-4-6-14(3)17-8-7-15(12-21)20(17)10-9-16(19(23)24)18(22)11-20/h5,9,14-15,17-18,21-22H,4,6-8,10-12H2,1-3H3,(H,23,24). The van der Waals surface area contributed by atoms with Crippen LogP contribution in [-0.2, 0) is 4.79 Å². The fourth-order valence-corrected chi connectivity index (χ4v) is 5.07. The van der Waals surface area contributed by atoms with E-state index >= 15 is 0 Å². The summed E-state index contributed by atoms with van der Waals surface area (Å²) in [6.45, 7) is 6.62. The van der Waals surface area contributed by atoms with Gasteiger partial charge in [0.25, 0.3) is 0 Å². The molecule has 2 aliphatic rings. The summed E-state index contributed by atoms with van der Waals surface area (Å²) in [5.74, 6) is 0.0734. The molecule has 0 aromatic rings. The third kappa shape index (κ3) is 3.75. The van der Waals surface area contributed by atoms with Crippen LogP contribution in [-0.4, -0.2) is 34.0 Å². The van der Waals surface area contributed by atoms with Gasteiger partial charge in [0.2, 0.25) is 0 Å². The predicted octanol–water partition coefficient (Wildman–Crippen LogP) is 3.54. The molecule has 0 aromatic heterocycles. The lowest BCUT2D eigenvalue weighted by atomic mass is 9.60. The van der Waals surface area contributed by atoms with Crippen molar-refractivity contribution in [1.82, 2.24) is 0 Å². The summed E-state index contributed by atoms with van der Waals surface area (Å²) in [5.41, 5.74) is 1.30. The first kappa shape index (κ1) is 19.2. The maximum absolute atomic E-state index is 11.3. The van der Waals surface area contributed by atoms with Gasteiger partial charge in [-0.1, -0.05) is 24.6 Å². The third-order valence-corrected chi connectivity index (χ3v) is 6.34. The molecule has 0 heterocycles. The van der Waals surface area contributed by atoms with E-state index < -0.39 is 12.1 Å². The number of carboxylic acids is 1. The molecule has 1 spiro atoms. The number of carboxylic acid groups (broad SMARTS) is 1. The van der Waals surface area contributed by atoms with Gasteiger partial charge in [0.15, 0.2) is 0 Å². The predicted molar refractivity (Wildman–Crippen MR) is 94.5 cm³/mol. The van der Waals surface area contributed by atoms with Crippen LogP contribution in [0.4, 0.5) is 0 Å². The molecular formula is C20H32O4. The fourth-order valence-electron chi connectivity index (χ4n) is 5.07. The lowest BCUT2D eigenvalue weighted by Crippen LogP contribution is -2.43. The molecule has 0 radical (unpaired) electrons. The molecular weight excluding hydrogens is 304 g/mol. The van der Waals surface area contributed by atoms with Crippen LogP contribution >= 0.6 is 0 Å². The summed E-state index contributed by atoms with van der Waals surface area (Å²) in [7, 11) is 0. The number of hydrogen-bond acceptors (Lipinski definition) is 3. The second-order valence-electron chi connectivity index (χ2n) is 8.02. The topological polar surface area (TPSA) is 77.8 Å². The normalized spacial score (nSPS) is 34.0. The van der Waals surface area contributed by atoms with Crippen LogP contribution in [0.15, 0.2) is 23.3 Å². The highest BCUT2D eigenvalue weighted by molar-refractivity contribution is 5.87. The number of aliphatic hydroxyl groups excluding tert-OH is 2. The molecule has 0 amide bonds. The number of carbonyl (C=O) groups is 1. The molecule has 2 rings (SSSR count). The van der Waals surface area contributed by atoms with Crippen molar-refractivity contribution in [2.45, 2.75) is 65.4 Å². The molecule has 24 heavy (non-hydrogen) atoms. The van der Waals surface area contributed by atoms with Crippen LogP contribution in [0.1, 0.15) is 59.3 Å². The van der Waals surface area contributed by atoms with Gasteiger partial charge in [0, 0.05) is 6.61 Å². The lowest BCUT2D eigenvalue weighted by Gasteiger charge is -2.45. The van der Waals surface area contributed by atoms with Crippen molar-refractivity contribution < 1.29 is 20.1 Å². The minimum absolute atomic E-state index is 0.125. The Hall–Kier alpha value is -1.13. The second kappa shape index (κ2) is 7.83. The van der Waals surface area contributed by atoms with Gasteiger partial charge in [-0.15, -0.1) is 0 Å². The fraction of sp³-hybridized carbons (Fsp3) is 0.750. The molecule has 0 bridgehead atoms. The molecule has 136 valence electrons. The second-order valence-corrected chi connectivity index (χ2v) is 8.02. The average Bonchev–Trinajstić information content (AvgIpc) is 2.84. The highest BCUT2D eigenvalue weighted by Crippen LogP contribution is 2.58. The van der Waals surface area contributed by atoms with E-state index in [9.17, 15) is 20.1 Å². The van der Waals surface area contributed by atoms with Gasteiger partial charge in [-0.2, -0.15) is 0 Å². The maximum Gasteiger partial charge on any atom is 0.333 e. The van der Waals surface area contributed by atoms with Crippen molar-refractivity contribution in [3.63, 3.8) is 0 Å². The van der Waals surface area contributed by atoms with Crippen LogP contribution < -0.4 is 0 Å². The highest BCUT2D eigenvalue weighted by atomic mass is 16.4. The summed E-state index contributed by atoms with van der Waals surface area (Å²) in [5, 5.41) is 29.5. The third-order valence-electron chi connectivity index (χ3n) is 6.34. The molecule has 5 atom stereocenters. The SMILES string of the molecule is CC(C)=CCCC(C)C1CCC(CO)C12CC=C(C(=O)O)C(O)C2. The number of aliphatic carboxylic acids is 1. The molecule has 4 nitrogen and oxygen atoms in total. The zero-order valence-corrected chi connectivity index (χ0v) is 15.2. The van der Waals surface area contributed by atoms with Gasteiger partial charge < -0.3 is 15.3 Å². The van der Waals surface area contributed by atoms with E-state index in [0.717, 1.165) is 25.7 Å². The molecule has 3 N–H and O–H groups in total. The largest absolute Gasteiger partial charge is 0.478 e. The van der Waals surface area contributed by atoms with Crippen LogP contribution in [0.2, 0.25) is 0 Å². The first-order valence-electron chi connectivity index (χ1n) is 9.17. The Morgan fingerprint density at radius 2 is 2.12 bits per heavy atom. The number of allylic oxidation sites excluding steroid dienone is 3. The minimum Gasteiger partial charge on any atom is -0.478 e. The van der Waals surface area contributed by atoms with Crippen molar-refractivity contribution in [2.24, 2.45) is 23.2 Å². The summed E-state index contributed by atoms with van der Waals surface area (Å²) >= 11 is 0. The Balaban J connectivity index is 2.20. The van der Waals surface area contributed by atoms with Crippen LogP contribution in [0.3, 0.4) is 0 Å². The van der Waals surface area contributed by atoms with Crippen LogP contribution in [0.25, 0.3) is 0 Å². The molecule has 4 heteroatoms. The molecule has 0 aliphatic heterocycles. The van der Waals surface area contributed by atoms with Gasteiger partial charge >= 0.3 is 5.97 Å². The first-order chi connectivity index (χ1) is 11.3. The summed E-state index contributed by atoms with van der Waals surface area (Å²) in [6, 6.07) is 0. The molecule has 0 aromatic carbocycles. The Kier molecular flexibility index (Phi) is 6.27. The maximum atomic E-state index is 11.3. The molecule has 1 saturated carbocycles. The van der Waals surface area contributed by atoms with Gasteiger partial charge in [0.1, 0.15) is 0 Å². The van der Waals surface area contributed by atoms with Gasteiger partial charge in [-0.25, -0.2) is 4.79 Å².